The normalized spacial score (nSPS) is 21.4. The van der Waals surface area contributed by atoms with Gasteiger partial charge in [0, 0.05) is 25.6 Å². The third-order valence-corrected chi connectivity index (χ3v) is 4.88. The number of nitrogens with zero attached hydrogens (tertiary/aromatic N) is 2. The number of para-hydroxylation sites is 1. The first-order chi connectivity index (χ1) is 12.7. The summed E-state index contributed by atoms with van der Waals surface area (Å²) in [5, 5.41) is 2.95. The zero-order valence-corrected chi connectivity index (χ0v) is 14.4. The minimum Gasteiger partial charge on any atom is -0.488 e. The lowest BCUT2D eigenvalue weighted by Crippen LogP contribution is -2.38. The molecule has 6 nitrogen and oxygen atoms in total. The highest BCUT2D eigenvalue weighted by Crippen LogP contribution is 2.28. The van der Waals surface area contributed by atoms with Crippen LogP contribution in [0.15, 0.2) is 48.7 Å². The summed E-state index contributed by atoms with van der Waals surface area (Å²) in [6.45, 7) is 1.34. The molecule has 0 aliphatic carbocycles. The van der Waals surface area contributed by atoms with Gasteiger partial charge in [0.25, 0.3) is 0 Å². The molecule has 2 unspecified atom stereocenters. The van der Waals surface area contributed by atoms with Crippen LogP contribution in [-0.2, 0) is 22.6 Å². The summed E-state index contributed by atoms with van der Waals surface area (Å²) in [6, 6.07) is 13.5. The first kappa shape index (κ1) is 16.6. The summed E-state index contributed by atoms with van der Waals surface area (Å²) in [7, 11) is 0. The minimum atomic E-state index is -0.310. The summed E-state index contributed by atoms with van der Waals surface area (Å²) < 4.78 is 5.84. The molecule has 2 aliphatic heterocycles. The molecule has 2 aliphatic rings. The van der Waals surface area contributed by atoms with Crippen LogP contribution in [0.1, 0.15) is 17.7 Å². The third-order valence-electron chi connectivity index (χ3n) is 4.88. The molecule has 6 heteroatoms. The van der Waals surface area contributed by atoms with Gasteiger partial charge < -0.3 is 15.0 Å². The molecule has 0 bridgehead atoms. The zero-order chi connectivity index (χ0) is 17.9. The van der Waals surface area contributed by atoms with Crippen LogP contribution in [0, 0.1) is 5.92 Å². The SMILES string of the molecule is O=C(NCC1Cc2ccccc2O1)C1CC(=O)N(Cc2ccccn2)C1. The lowest BCUT2D eigenvalue weighted by atomic mass is 10.1. The molecule has 1 fully saturated rings. The van der Waals surface area contributed by atoms with Gasteiger partial charge in [-0.05, 0) is 23.8 Å². The van der Waals surface area contributed by atoms with Crippen LogP contribution in [0.25, 0.3) is 0 Å². The summed E-state index contributed by atoms with van der Waals surface area (Å²) in [6.07, 6.45) is 2.72. The van der Waals surface area contributed by atoms with E-state index in [1.165, 1.54) is 5.56 Å². The molecule has 0 spiro atoms. The van der Waals surface area contributed by atoms with Crippen molar-refractivity contribution in [3.8, 4) is 5.75 Å². The van der Waals surface area contributed by atoms with Gasteiger partial charge in [-0.3, -0.25) is 14.6 Å². The van der Waals surface area contributed by atoms with E-state index in [4.69, 9.17) is 4.74 Å². The fourth-order valence-corrected chi connectivity index (χ4v) is 3.51. The van der Waals surface area contributed by atoms with Crippen molar-refractivity contribution >= 4 is 11.8 Å². The van der Waals surface area contributed by atoms with E-state index in [-0.39, 0.29) is 30.3 Å². The van der Waals surface area contributed by atoms with Gasteiger partial charge in [0.1, 0.15) is 11.9 Å². The van der Waals surface area contributed by atoms with Gasteiger partial charge in [-0.25, -0.2) is 0 Å². The fourth-order valence-electron chi connectivity index (χ4n) is 3.51. The van der Waals surface area contributed by atoms with E-state index < -0.39 is 0 Å². The standard InChI is InChI=1S/C20H21N3O3/c24-19-10-15(12-23(19)13-16-6-3-4-8-21-16)20(25)22-11-17-9-14-5-1-2-7-18(14)26-17/h1-8,15,17H,9-13H2,(H,22,25). The quantitative estimate of drug-likeness (QED) is 0.887. The summed E-state index contributed by atoms with van der Waals surface area (Å²) in [4.78, 5) is 30.6. The van der Waals surface area contributed by atoms with Crippen molar-refractivity contribution in [2.75, 3.05) is 13.1 Å². The Balaban J connectivity index is 1.27. The number of carbonyl (C=O) groups is 2. The Morgan fingerprint density at radius 2 is 2.04 bits per heavy atom. The zero-order valence-electron chi connectivity index (χ0n) is 14.4. The number of hydrogen-bond donors (Lipinski definition) is 1. The highest BCUT2D eigenvalue weighted by molar-refractivity contribution is 5.89. The van der Waals surface area contributed by atoms with Crippen LogP contribution >= 0.6 is 0 Å². The molecule has 2 amide bonds. The number of benzene rings is 1. The number of fused-ring (bicyclic) bond motifs is 1. The second kappa shape index (κ2) is 7.15. The van der Waals surface area contributed by atoms with E-state index in [1.807, 2.05) is 42.5 Å². The summed E-state index contributed by atoms with van der Waals surface area (Å²) in [5.74, 6) is 0.501. The first-order valence-corrected chi connectivity index (χ1v) is 8.89. The van der Waals surface area contributed by atoms with Crippen LogP contribution in [0.4, 0.5) is 0 Å². The molecule has 2 atom stereocenters. The number of rotatable bonds is 5. The van der Waals surface area contributed by atoms with Gasteiger partial charge in [-0.2, -0.15) is 0 Å². The molecule has 26 heavy (non-hydrogen) atoms. The maximum Gasteiger partial charge on any atom is 0.225 e. The van der Waals surface area contributed by atoms with Crippen LogP contribution in [0.3, 0.4) is 0 Å². The van der Waals surface area contributed by atoms with Crippen LogP contribution in [-0.4, -0.2) is 40.9 Å². The molecule has 2 aromatic rings. The van der Waals surface area contributed by atoms with Crippen molar-refractivity contribution in [3.63, 3.8) is 0 Å². The molecular formula is C20H21N3O3. The highest BCUT2D eigenvalue weighted by atomic mass is 16.5. The molecule has 1 saturated heterocycles. The number of nitrogens with one attached hydrogen (secondary N) is 1. The summed E-state index contributed by atoms with van der Waals surface area (Å²) in [5.41, 5.74) is 2.00. The Morgan fingerprint density at radius 3 is 2.85 bits per heavy atom. The largest absolute Gasteiger partial charge is 0.488 e. The smallest absolute Gasteiger partial charge is 0.225 e. The fraction of sp³-hybridized carbons (Fsp3) is 0.350. The van der Waals surface area contributed by atoms with Crippen molar-refractivity contribution in [3.05, 3.63) is 59.9 Å². The second-order valence-electron chi connectivity index (χ2n) is 6.79. The maximum atomic E-state index is 12.5. The predicted octanol–water partition coefficient (Wildman–Crippen LogP) is 1.55. The Kier molecular flexibility index (Phi) is 4.56. The van der Waals surface area contributed by atoms with Gasteiger partial charge >= 0.3 is 0 Å². The van der Waals surface area contributed by atoms with E-state index in [2.05, 4.69) is 10.3 Å². The number of amides is 2. The Hall–Kier alpha value is -2.89. The van der Waals surface area contributed by atoms with E-state index in [0.29, 0.717) is 19.6 Å². The van der Waals surface area contributed by atoms with E-state index in [0.717, 1.165) is 17.9 Å². The molecule has 4 rings (SSSR count). The predicted molar refractivity (Wildman–Crippen MR) is 95.3 cm³/mol. The van der Waals surface area contributed by atoms with Crippen LogP contribution in [0.5, 0.6) is 5.75 Å². The Bertz CT molecular complexity index is 784. The van der Waals surface area contributed by atoms with Gasteiger partial charge in [0.2, 0.25) is 11.8 Å². The molecule has 0 radical (unpaired) electrons. The second-order valence-corrected chi connectivity index (χ2v) is 6.79. The maximum absolute atomic E-state index is 12.5. The third kappa shape index (κ3) is 3.54. The van der Waals surface area contributed by atoms with Crippen molar-refractivity contribution in [2.24, 2.45) is 5.92 Å². The molecule has 0 saturated carbocycles. The number of aromatic nitrogens is 1. The van der Waals surface area contributed by atoms with Crippen molar-refractivity contribution in [1.29, 1.82) is 0 Å². The van der Waals surface area contributed by atoms with Crippen LogP contribution in [0.2, 0.25) is 0 Å². The monoisotopic (exact) mass is 351 g/mol. The van der Waals surface area contributed by atoms with Gasteiger partial charge in [-0.15, -0.1) is 0 Å². The average Bonchev–Trinajstić information content (AvgIpc) is 3.24. The lowest BCUT2D eigenvalue weighted by Gasteiger charge is -2.17. The van der Waals surface area contributed by atoms with Crippen molar-refractivity contribution in [2.45, 2.75) is 25.5 Å². The van der Waals surface area contributed by atoms with Gasteiger partial charge in [0.05, 0.1) is 24.7 Å². The van der Waals surface area contributed by atoms with E-state index in [1.54, 1.807) is 11.1 Å². The number of likely N-dealkylation sites (tertiary alicyclic amines) is 1. The van der Waals surface area contributed by atoms with E-state index >= 15 is 0 Å². The van der Waals surface area contributed by atoms with Gasteiger partial charge in [0.15, 0.2) is 0 Å². The van der Waals surface area contributed by atoms with Crippen molar-refractivity contribution in [1.82, 2.24) is 15.2 Å². The van der Waals surface area contributed by atoms with Crippen molar-refractivity contribution < 1.29 is 14.3 Å². The molecule has 1 N–H and O–H groups in total. The first-order valence-electron chi connectivity index (χ1n) is 8.89. The molecule has 1 aromatic carbocycles. The lowest BCUT2D eigenvalue weighted by molar-refractivity contribution is -0.129. The molecular weight excluding hydrogens is 330 g/mol. The van der Waals surface area contributed by atoms with Gasteiger partial charge in [-0.1, -0.05) is 24.3 Å². The van der Waals surface area contributed by atoms with E-state index in [9.17, 15) is 9.59 Å². The molecule has 1 aromatic heterocycles. The Morgan fingerprint density at radius 1 is 1.19 bits per heavy atom. The number of carbonyl (C=O) groups excluding carboxylic acids is 2. The highest BCUT2D eigenvalue weighted by Gasteiger charge is 2.35. The summed E-state index contributed by atoms with van der Waals surface area (Å²) >= 11 is 0. The topological polar surface area (TPSA) is 71.5 Å². The van der Waals surface area contributed by atoms with Crippen LogP contribution < -0.4 is 10.1 Å². The number of pyridine rings is 1. The number of hydrogen-bond acceptors (Lipinski definition) is 4. The Labute approximate surface area is 152 Å². The molecule has 3 heterocycles. The number of ether oxygens (including phenoxy) is 1. The molecule has 134 valence electrons. The average molecular weight is 351 g/mol. The minimum absolute atomic E-state index is 0.000301.